The highest BCUT2D eigenvalue weighted by Crippen LogP contribution is 2.28. The van der Waals surface area contributed by atoms with E-state index in [0.29, 0.717) is 16.6 Å². The Balaban J connectivity index is 1.40. The van der Waals surface area contributed by atoms with E-state index in [4.69, 9.17) is 0 Å². The van der Waals surface area contributed by atoms with Crippen LogP contribution >= 0.6 is 0 Å². The van der Waals surface area contributed by atoms with Gasteiger partial charge in [-0.1, -0.05) is 79.6 Å². The molecule has 6 nitrogen and oxygen atoms in total. The Morgan fingerprint density at radius 3 is 2.19 bits per heavy atom. The number of rotatable bonds is 6. The number of fused-ring (bicyclic) bond motifs is 1. The Morgan fingerprint density at radius 2 is 1.42 bits per heavy atom. The maximum atomic E-state index is 13.3. The summed E-state index contributed by atoms with van der Waals surface area (Å²) in [6.07, 6.45) is 5.99. The summed E-state index contributed by atoms with van der Waals surface area (Å²) < 4.78 is 1.79. The van der Waals surface area contributed by atoms with E-state index in [1.165, 1.54) is 0 Å². The second-order valence-corrected chi connectivity index (χ2v) is 9.18. The van der Waals surface area contributed by atoms with E-state index in [2.05, 4.69) is 5.32 Å². The third-order valence-electron chi connectivity index (χ3n) is 6.76. The van der Waals surface area contributed by atoms with E-state index >= 15 is 0 Å². The van der Waals surface area contributed by atoms with Crippen molar-refractivity contribution in [1.82, 2.24) is 9.47 Å². The summed E-state index contributed by atoms with van der Waals surface area (Å²) in [6, 6.07) is 24.5. The molecule has 0 aliphatic carbocycles. The van der Waals surface area contributed by atoms with Crippen LogP contribution in [0.1, 0.15) is 36.0 Å². The molecular weight excluding hydrogens is 450 g/mol. The van der Waals surface area contributed by atoms with Crippen molar-refractivity contribution in [3.05, 3.63) is 90.6 Å². The lowest BCUT2D eigenvalue weighted by atomic mass is 10.0. The summed E-state index contributed by atoms with van der Waals surface area (Å²) >= 11 is 0. The molecule has 0 bridgehead atoms. The number of hydrogen-bond acceptors (Lipinski definition) is 3. The maximum absolute atomic E-state index is 13.3. The van der Waals surface area contributed by atoms with E-state index in [1.54, 1.807) is 16.8 Å². The van der Waals surface area contributed by atoms with E-state index < -0.39 is 11.7 Å². The number of ketones is 1. The van der Waals surface area contributed by atoms with Crippen LogP contribution in [0.4, 0.5) is 5.69 Å². The largest absolute Gasteiger partial charge is 0.341 e. The monoisotopic (exact) mass is 479 g/mol. The summed E-state index contributed by atoms with van der Waals surface area (Å²) in [5, 5.41) is 3.47. The molecular formula is C30H29N3O3. The lowest BCUT2D eigenvalue weighted by Crippen LogP contribution is -2.34. The van der Waals surface area contributed by atoms with Gasteiger partial charge >= 0.3 is 0 Å². The lowest BCUT2D eigenvalue weighted by Gasteiger charge is -2.20. The summed E-state index contributed by atoms with van der Waals surface area (Å²) in [5.41, 5.74) is 3.42. The van der Waals surface area contributed by atoms with E-state index in [-0.39, 0.29) is 12.5 Å². The quantitative estimate of drug-likeness (QED) is 0.292. The first-order valence-electron chi connectivity index (χ1n) is 12.5. The topological polar surface area (TPSA) is 71.4 Å². The predicted molar refractivity (Wildman–Crippen MR) is 142 cm³/mol. The fourth-order valence-electron chi connectivity index (χ4n) is 4.89. The van der Waals surface area contributed by atoms with Gasteiger partial charge in [-0.15, -0.1) is 0 Å². The minimum absolute atomic E-state index is 0.0397. The lowest BCUT2D eigenvalue weighted by molar-refractivity contribution is -0.131. The SMILES string of the molecule is O=C(Nc1ccccc1-c1ccccc1)C(=O)c1cn(CC(=O)N2CCCCCC2)c2ccccc12. The van der Waals surface area contributed by atoms with Gasteiger partial charge in [0.25, 0.3) is 11.7 Å². The number of carbonyl (C=O) groups is 3. The fraction of sp³-hybridized carbons (Fsp3) is 0.233. The van der Waals surface area contributed by atoms with Crippen molar-refractivity contribution < 1.29 is 14.4 Å². The highest BCUT2D eigenvalue weighted by Gasteiger charge is 2.24. The minimum atomic E-state index is -0.708. The number of hydrogen-bond donors (Lipinski definition) is 1. The highest BCUT2D eigenvalue weighted by molar-refractivity contribution is 6.48. The first-order valence-corrected chi connectivity index (χ1v) is 12.5. The predicted octanol–water partition coefficient (Wildman–Crippen LogP) is 5.53. The molecule has 1 aliphatic rings. The molecule has 1 N–H and O–H groups in total. The third kappa shape index (κ3) is 4.93. The number of para-hydroxylation sites is 2. The maximum Gasteiger partial charge on any atom is 0.296 e. The average molecular weight is 480 g/mol. The van der Waals surface area contributed by atoms with Gasteiger partial charge in [0, 0.05) is 41.4 Å². The zero-order valence-electron chi connectivity index (χ0n) is 20.2. The van der Waals surface area contributed by atoms with Gasteiger partial charge in [0.15, 0.2) is 0 Å². The Kier molecular flexibility index (Phi) is 6.94. The normalized spacial score (nSPS) is 13.8. The van der Waals surface area contributed by atoms with Crippen LogP contribution in [0.15, 0.2) is 85.1 Å². The Morgan fingerprint density at radius 1 is 0.750 bits per heavy atom. The Labute approximate surface area is 210 Å². The molecule has 1 aromatic heterocycles. The van der Waals surface area contributed by atoms with Gasteiger partial charge in [-0.25, -0.2) is 0 Å². The molecule has 4 aromatic rings. The molecule has 2 amide bonds. The summed E-state index contributed by atoms with van der Waals surface area (Å²) in [5.74, 6) is -1.30. The van der Waals surface area contributed by atoms with Crippen LogP contribution in [0.25, 0.3) is 22.0 Å². The van der Waals surface area contributed by atoms with Gasteiger partial charge in [0.2, 0.25) is 5.91 Å². The number of carbonyl (C=O) groups excluding carboxylic acids is 3. The van der Waals surface area contributed by atoms with Crippen molar-refractivity contribution in [2.75, 3.05) is 18.4 Å². The van der Waals surface area contributed by atoms with Crippen molar-refractivity contribution in [2.45, 2.75) is 32.2 Å². The average Bonchev–Trinajstić information content (AvgIpc) is 3.07. The summed E-state index contributed by atoms with van der Waals surface area (Å²) in [4.78, 5) is 41.4. The van der Waals surface area contributed by atoms with Crippen LogP contribution in [0.3, 0.4) is 0 Å². The zero-order valence-corrected chi connectivity index (χ0v) is 20.2. The van der Waals surface area contributed by atoms with Crippen LogP contribution in [-0.4, -0.2) is 40.2 Å². The molecule has 1 aliphatic heterocycles. The number of nitrogens with zero attached hydrogens (tertiary/aromatic N) is 2. The molecule has 3 aromatic carbocycles. The Hall–Kier alpha value is -4.19. The van der Waals surface area contributed by atoms with Crippen LogP contribution in [0, 0.1) is 0 Å². The van der Waals surface area contributed by atoms with Gasteiger partial charge in [0.1, 0.15) is 6.54 Å². The number of Topliss-reactive ketones (excluding diaryl/α,β-unsaturated/α-hetero) is 1. The van der Waals surface area contributed by atoms with Gasteiger partial charge in [0.05, 0.1) is 5.56 Å². The first kappa shape index (κ1) is 23.5. The van der Waals surface area contributed by atoms with Crippen LogP contribution in [0.2, 0.25) is 0 Å². The minimum Gasteiger partial charge on any atom is -0.341 e. The molecule has 182 valence electrons. The van der Waals surface area contributed by atoms with Crippen LogP contribution in [-0.2, 0) is 16.1 Å². The molecule has 0 saturated carbocycles. The first-order chi connectivity index (χ1) is 17.6. The second kappa shape index (κ2) is 10.6. The molecule has 0 atom stereocenters. The standard InChI is InChI=1S/C30H29N3O3/c34-28(32-18-10-1-2-11-19-32)21-33-20-25(24-15-7-9-17-27(24)33)29(35)30(36)31-26-16-8-6-14-23(26)22-12-4-3-5-13-22/h3-9,12-17,20H,1-2,10-11,18-19,21H2,(H,31,36). The fourth-order valence-corrected chi connectivity index (χ4v) is 4.89. The molecule has 1 saturated heterocycles. The van der Waals surface area contributed by atoms with Crippen molar-refractivity contribution in [1.29, 1.82) is 0 Å². The number of nitrogens with one attached hydrogen (secondary N) is 1. The molecule has 5 rings (SSSR count). The molecule has 6 heteroatoms. The van der Waals surface area contributed by atoms with E-state index in [9.17, 15) is 14.4 Å². The highest BCUT2D eigenvalue weighted by atomic mass is 16.2. The van der Waals surface area contributed by atoms with Crippen molar-refractivity contribution in [3.8, 4) is 11.1 Å². The Bertz CT molecular complexity index is 1400. The van der Waals surface area contributed by atoms with Crippen molar-refractivity contribution in [3.63, 3.8) is 0 Å². The smallest absolute Gasteiger partial charge is 0.296 e. The summed E-state index contributed by atoms with van der Waals surface area (Å²) in [6.45, 7) is 1.69. The van der Waals surface area contributed by atoms with E-state index in [0.717, 1.165) is 55.4 Å². The van der Waals surface area contributed by atoms with Gasteiger partial charge in [-0.3, -0.25) is 14.4 Å². The van der Waals surface area contributed by atoms with Crippen LogP contribution in [0.5, 0.6) is 0 Å². The van der Waals surface area contributed by atoms with Crippen LogP contribution < -0.4 is 5.32 Å². The second-order valence-electron chi connectivity index (χ2n) is 9.18. The number of amides is 2. The van der Waals surface area contributed by atoms with Crippen molar-refractivity contribution in [2.24, 2.45) is 0 Å². The number of benzene rings is 3. The summed E-state index contributed by atoms with van der Waals surface area (Å²) in [7, 11) is 0. The molecule has 0 radical (unpaired) electrons. The van der Waals surface area contributed by atoms with Gasteiger partial charge < -0.3 is 14.8 Å². The number of anilines is 1. The van der Waals surface area contributed by atoms with Gasteiger partial charge in [-0.05, 0) is 30.5 Å². The molecule has 1 fully saturated rings. The van der Waals surface area contributed by atoms with E-state index in [1.807, 2.05) is 77.7 Å². The molecule has 0 spiro atoms. The van der Waals surface area contributed by atoms with Gasteiger partial charge in [-0.2, -0.15) is 0 Å². The number of aromatic nitrogens is 1. The third-order valence-corrected chi connectivity index (χ3v) is 6.76. The molecule has 0 unspecified atom stereocenters. The molecule has 36 heavy (non-hydrogen) atoms. The zero-order chi connectivity index (χ0) is 24.9. The number of likely N-dealkylation sites (tertiary alicyclic amines) is 1. The van der Waals surface area contributed by atoms with Crippen molar-refractivity contribution >= 4 is 34.2 Å². The molecule has 2 heterocycles.